The van der Waals surface area contributed by atoms with E-state index in [2.05, 4.69) is 267 Å². The average Bonchev–Trinajstić information content (AvgIpc) is 2.77. The van der Waals surface area contributed by atoms with Gasteiger partial charge in [-0.2, -0.15) is 5.26 Å². The van der Waals surface area contributed by atoms with Crippen LogP contribution in [-0.4, -0.2) is 33.2 Å². The first kappa shape index (κ1) is 50.8. The molecule has 18 aromatic rings. The fourth-order valence-electron chi connectivity index (χ4n) is 14.1. The molecule has 13 aromatic carbocycles. The summed E-state index contributed by atoms with van der Waals surface area (Å²) in [5.74, 6) is 1.64. The zero-order valence-electron chi connectivity index (χ0n) is 48.4. The predicted molar refractivity (Wildman–Crippen MR) is 369 cm³/mol. The van der Waals surface area contributed by atoms with Gasteiger partial charge in [-0.15, -0.1) is 0 Å². The second kappa shape index (κ2) is 20.3. The topological polar surface area (TPSA) is 82.2 Å². The molecule has 0 bridgehead atoms. The van der Waals surface area contributed by atoms with Gasteiger partial charge in [-0.3, -0.25) is 0 Å². The summed E-state index contributed by atoms with van der Waals surface area (Å²) in [5.41, 5.74) is 19.9. The average molecular weight is 1150 g/mol. The smallest absolute Gasteiger partial charge is 0.166 e. The van der Waals surface area contributed by atoms with Crippen LogP contribution in [0, 0.1) is 11.3 Å². The Balaban J connectivity index is 0.942. The summed E-state index contributed by atoms with van der Waals surface area (Å²) in [7, 11) is 0. The van der Waals surface area contributed by atoms with E-state index in [4.69, 9.17) is 15.0 Å². The molecule has 0 atom stereocenters. The predicted octanol–water partition coefficient (Wildman–Crippen LogP) is 20.5. The van der Waals surface area contributed by atoms with Crippen LogP contribution >= 0.6 is 0 Å². The summed E-state index contributed by atoms with van der Waals surface area (Å²) >= 11 is 0. The Morgan fingerprint density at radius 2 is 0.622 bits per heavy atom. The van der Waals surface area contributed by atoms with Gasteiger partial charge < -0.3 is 18.3 Å². The summed E-state index contributed by atoms with van der Waals surface area (Å²) in [6.45, 7) is 0. The van der Waals surface area contributed by atoms with Crippen LogP contribution in [0.3, 0.4) is 0 Å². The lowest BCUT2D eigenvalue weighted by Crippen LogP contribution is -2.06. The van der Waals surface area contributed by atoms with Gasteiger partial charge in [0.05, 0.1) is 72.7 Å². The van der Waals surface area contributed by atoms with Gasteiger partial charge in [-0.25, -0.2) is 15.0 Å². The van der Waals surface area contributed by atoms with Gasteiger partial charge in [-0.1, -0.05) is 200 Å². The number of rotatable bonds is 9. The third-order valence-corrected chi connectivity index (χ3v) is 18.1. The standard InChI is InChI=1S/C82H50N8/c83-51-52-38-40-53(41-39-52)56-42-45-75(89-73-35-17-11-28-63(73)67-49-57(43-46-76(67)89)87-69-31-13-7-24-59(69)60-25-8-14-32-70(60)87)66(48-56)65-30-19-37-78(79(65)82-85-80(54-20-3-1-4-21-54)84-81(86-82)55-22-5-2-6-23-55)90-74-36-18-12-29-64(74)68-50-58(44-47-77(68)90)88-71-33-15-9-26-61(71)62-27-10-16-34-72(62)88/h1-50H. The lowest BCUT2D eigenvalue weighted by atomic mass is 9.92. The summed E-state index contributed by atoms with van der Waals surface area (Å²) in [4.78, 5) is 16.5. The fourth-order valence-corrected chi connectivity index (χ4v) is 14.1. The van der Waals surface area contributed by atoms with Gasteiger partial charge in [-0.05, 0) is 120 Å². The number of hydrogen-bond donors (Lipinski definition) is 0. The molecule has 0 unspecified atom stereocenters. The molecule has 5 heterocycles. The summed E-state index contributed by atoms with van der Waals surface area (Å²) in [6.07, 6.45) is 0. The first-order valence-electron chi connectivity index (χ1n) is 30.3. The molecule has 0 spiro atoms. The van der Waals surface area contributed by atoms with E-state index in [1.807, 2.05) is 60.7 Å². The minimum absolute atomic E-state index is 0.522. The Morgan fingerprint density at radius 3 is 1.08 bits per heavy atom. The first-order chi connectivity index (χ1) is 44.6. The van der Waals surface area contributed by atoms with Crippen molar-refractivity contribution in [1.82, 2.24) is 33.2 Å². The van der Waals surface area contributed by atoms with Crippen LogP contribution in [0.4, 0.5) is 0 Å². The molecule has 0 amide bonds. The van der Waals surface area contributed by atoms with E-state index in [1.165, 1.54) is 21.5 Å². The monoisotopic (exact) mass is 1150 g/mol. The minimum Gasteiger partial charge on any atom is -0.309 e. The van der Waals surface area contributed by atoms with Gasteiger partial charge in [0.15, 0.2) is 17.5 Å². The molecule has 0 N–H and O–H groups in total. The van der Waals surface area contributed by atoms with Gasteiger partial charge >= 0.3 is 0 Å². The van der Waals surface area contributed by atoms with Crippen LogP contribution in [0.2, 0.25) is 0 Å². The van der Waals surface area contributed by atoms with E-state index < -0.39 is 0 Å². The van der Waals surface area contributed by atoms with E-state index in [-0.39, 0.29) is 0 Å². The Labute approximate surface area is 516 Å². The van der Waals surface area contributed by atoms with E-state index in [1.54, 1.807) is 0 Å². The highest BCUT2D eigenvalue weighted by Gasteiger charge is 2.27. The van der Waals surface area contributed by atoms with Gasteiger partial charge in [0.25, 0.3) is 0 Å². The Kier molecular flexibility index (Phi) is 11.5. The molecule has 0 fully saturated rings. The molecule has 0 radical (unpaired) electrons. The van der Waals surface area contributed by atoms with Crippen LogP contribution in [-0.2, 0) is 0 Å². The van der Waals surface area contributed by atoms with Gasteiger partial charge in [0.2, 0.25) is 0 Å². The van der Waals surface area contributed by atoms with Crippen LogP contribution < -0.4 is 0 Å². The lowest BCUT2D eigenvalue weighted by Gasteiger charge is -2.21. The highest BCUT2D eigenvalue weighted by molar-refractivity contribution is 6.15. The van der Waals surface area contributed by atoms with Crippen molar-refractivity contribution < 1.29 is 0 Å². The summed E-state index contributed by atoms with van der Waals surface area (Å²) in [6, 6.07) is 110. The van der Waals surface area contributed by atoms with Crippen molar-refractivity contribution in [3.63, 3.8) is 0 Å². The normalized spacial score (nSPS) is 11.8. The number of nitrogens with zero attached hydrogens (tertiary/aromatic N) is 8. The maximum absolute atomic E-state index is 9.99. The van der Waals surface area contributed by atoms with Crippen molar-refractivity contribution in [2.24, 2.45) is 0 Å². The molecule has 8 heteroatoms. The molecule has 418 valence electrons. The Bertz CT molecular complexity index is 5810. The number of benzene rings is 13. The summed E-state index contributed by atoms with van der Waals surface area (Å²) in [5, 5.41) is 19.3. The van der Waals surface area contributed by atoms with E-state index in [0.717, 1.165) is 127 Å². The molecular formula is C82H50N8. The molecular weight excluding hydrogens is 1100 g/mol. The van der Waals surface area contributed by atoms with E-state index in [0.29, 0.717) is 23.0 Å². The number of nitriles is 1. The van der Waals surface area contributed by atoms with E-state index in [9.17, 15) is 5.26 Å². The lowest BCUT2D eigenvalue weighted by molar-refractivity contribution is 1.06. The van der Waals surface area contributed by atoms with Crippen molar-refractivity contribution in [1.29, 1.82) is 5.26 Å². The fraction of sp³-hybridized carbons (Fsp3) is 0. The Morgan fingerprint density at radius 1 is 0.244 bits per heavy atom. The van der Waals surface area contributed by atoms with Crippen molar-refractivity contribution in [2.75, 3.05) is 0 Å². The second-order valence-electron chi connectivity index (χ2n) is 23.0. The minimum atomic E-state index is 0.522. The number of aromatic nitrogens is 7. The zero-order chi connectivity index (χ0) is 59.4. The Hall–Kier alpha value is -12.4. The van der Waals surface area contributed by atoms with Gasteiger partial charge in [0, 0.05) is 71.2 Å². The highest BCUT2D eigenvalue weighted by atomic mass is 15.1. The van der Waals surface area contributed by atoms with Crippen molar-refractivity contribution >= 4 is 87.2 Å². The molecule has 0 saturated heterocycles. The molecule has 5 aromatic heterocycles. The maximum atomic E-state index is 9.99. The third-order valence-electron chi connectivity index (χ3n) is 18.1. The SMILES string of the molecule is N#Cc1ccc(-c2ccc(-n3c4ccccc4c4cc(-n5c6ccccc6c6ccccc65)ccc43)c(-c3cccc(-n4c5ccccc5c5cc(-n6c7ccccc7c7ccccc76)ccc54)c3-c3nc(-c4ccccc4)nc(-c4ccccc4)n3)c2)cc1. The van der Waals surface area contributed by atoms with Crippen LogP contribution in [0.15, 0.2) is 303 Å². The number of fused-ring (bicyclic) bond motifs is 12. The quantitative estimate of drug-likeness (QED) is 0.144. The molecule has 0 saturated carbocycles. The molecule has 90 heavy (non-hydrogen) atoms. The molecule has 18 rings (SSSR count). The van der Waals surface area contributed by atoms with Gasteiger partial charge in [0.1, 0.15) is 0 Å². The van der Waals surface area contributed by atoms with Crippen LogP contribution in [0.5, 0.6) is 0 Å². The summed E-state index contributed by atoms with van der Waals surface area (Å²) < 4.78 is 9.64. The highest BCUT2D eigenvalue weighted by Crippen LogP contribution is 2.47. The van der Waals surface area contributed by atoms with Crippen molar-refractivity contribution in [3.8, 4) is 85.2 Å². The van der Waals surface area contributed by atoms with Crippen LogP contribution in [0.1, 0.15) is 5.56 Å². The molecule has 0 aliphatic heterocycles. The zero-order valence-corrected chi connectivity index (χ0v) is 48.4. The maximum Gasteiger partial charge on any atom is 0.166 e. The molecule has 0 aliphatic carbocycles. The number of hydrogen-bond acceptors (Lipinski definition) is 4. The molecule has 0 aliphatic rings. The van der Waals surface area contributed by atoms with Crippen molar-refractivity contribution in [2.45, 2.75) is 0 Å². The van der Waals surface area contributed by atoms with E-state index >= 15 is 0 Å². The van der Waals surface area contributed by atoms with Crippen molar-refractivity contribution in [3.05, 3.63) is 309 Å². The van der Waals surface area contributed by atoms with Crippen LogP contribution in [0.25, 0.3) is 166 Å². The third kappa shape index (κ3) is 7.90. The second-order valence-corrected chi connectivity index (χ2v) is 23.0. The largest absolute Gasteiger partial charge is 0.309 e. The first-order valence-corrected chi connectivity index (χ1v) is 30.3. The molecule has 8 nitrogen and oxygen atoms in total. The number of para-hydroxylation sites is 6.